The molecule has 0 bridgehead atoms. The van der Waals surface area contributed by atoms with Crippen molar-refractivity contribution in [3.63, 3.8) is 0 Å². The number of piperidine rings is 2. The molecule has 36 heavy (non-hydrogen) atoms. The number of imide groups is 1. The van der Waals surface area contributed by atoms with E-state index in [1.165, 1.54) is 9.13 Å². The normalized spacial score (nSPS) is 18.6. The number of nitrogens with two attached hydrogens (primary N) is 1. The number of aromatic nitrogens is 2. The molecule has 3 amide bonds. The Morgan fingerprint density at radius 3 is 2.42 bits per heavy atom. The molecular weight excluding hydrogens is 458 g/mol. The van der Waals surface area contributed by atoms with E-state index in [2.05, 4.69) is 17.2 Å². The summed E-state index contributed by atoms with van der Waals surface area (Å²) in [5.74, 6) is 5.96. The van der Waals surface area contributed by atoms with E-state index >= 15 is 0 Å². The van der Waals surface area contributed by atoms with Crippen LogP contribution in [0.2, 0.25) is 0 Å². The standard InChI is InChI=1S/C27H27N5O4/c1-30-23-16-18(4-9-21(23)32(27(30)36)22-10-11-24(33)29-25(22)34)3-2-17-12-14-31(15-13-17)26(35)19-5-7-20(28)8-6-19/h4-9,16-17,22H,10-15,28H2,1H3,(H,29,33,34). The smallest absolute Gasteiger partial charge is 0.329 e. The molecule has 2 fully saturated rings. The molecule has 9 heteroatoms. The molecule has 0 aliphatic carbocycles. The van der Waals surface area contributed by atoms with Crippen molar-refractivity contribution in [1.82, 2.24) is 19.4 Å². The van der Waals surface area contributed by atoms with Gasteiger partial charge in [-0.05, 0) is 61.7 Å². The fourth-order valence-corrected chi connectivity index (χ4v) is 4.89. The number of carbonyl (C=O) groups is 3. The number of imidazole rings is 1. The minimum absolute atomic E-state index is 0.00769. The van der Waals surface area contributed by atoms with Gasteiger partial charge in [0.25, 0.3) is 5.91 Å². The van der Waals surface area contributed by atoms with Crippen molar-refractivity contribution in [2.75, 3.05) is 18.8 Å². The molecule has 9 nitrogen and oxygen atoms in total. The SMILES string of the molecule is Cn1c(=O)n(C2CCC(=O)NC2=O)c2ccc(C#CC3CCN(C(=O)c4ccc(N)cc4)CC3)cc21. The van der Waals surface area contributed by atoms with E-state index in [0.717, 1.165) is 18.4 Å². The summed E-state index contributed by atoms with van der Waals surface area (Å²) in [6.07, 6.45) is 2.08. The zero-order chi connectivity index (χ0) is 25.4. The van der Waals surface area contributed by atoms with Crippen LogP contribution in [0.25, 0.3) is 11.0 Å². The molecule has 1 aromatic heterocycles. The molecule has 2 aliphatic rings. The van der Waals surface area contributed by atoms with Crippen molar-refractivity contribution in [2.24, 2.45) is 13.0 Å². The second-order valence-corrected chi connectivity index (χ2v) is 9.34. The first-order valence-electron chi connectivity index (χ1n) is 12.0. The lowest BCUT2D eigenvalue weighted by Crippen LogP contribution is -2.44. The number of benzene rings is 2. The van der Waals surface area contributed by atoms with Gasteiger partial charge < -0.3 is 10.6 Å². The molecule has 2 saturated heterocycles. The molecule has 2 aromatic carbocycles. The highest BCUT2D eigenvalue weighted by molar-refractivity contribution is 6.00. The second kappa shape index (κ2) is 9.38. The number of anilines is 1. The summed E-state index contributed by atoms with van der Waals surface area (Å²) in [6.45, 7) is 1.29. The molecule has 0 spiro atoms. The van der Waals surface area contributed by atoms with Crippen LogP contribution in [0.15, 0.2) is 47.3 Å². The van der Waals surface area contributed by atoms with Gasteiger partial charge in [-0.2, -0.15) is 0 Å². The maximum atomic E-state index is 12.9. The number of hydrogen-bond donors (Lipinski definition) is 2. The topological polar surface area (TPSA) is 119 Å². The number of nitrogen functional groups attached to an aromatic ring is 1. The van der Waals surface area contributed by atoms with Crippen LogP contribution < -0.4 is 16.7 Å². The fraction of sp³-hybridized carbons (Fsp3) is 0.333. The summed E-state index contributed by atoms with van der Waals surface area (Å²) in [4.78, 5) is 51.4. The highest BCUT2D eigenvalue weighted by Gasteiger charge is 2.31. The molecule has 3 N–H and O–H groups in total. The number of hydrogen-bond acceptors (Lipinski definition) is 5. The van der Waals surface area contributed by atoms with Gasteiger partial charge in [-0.1, -0.05) is 11.8 Å². The summed E-state index contributed by atoms with van der Waals surface area (Å²) in [6, 6.07) is 11.8. The van der Waals surface area contributed by atoms with Crippen LogP contribution in [0.4, 0.5) is 5.69 Å². The zero-order valence-corrected chi connectivity index (χ0v) is 20.0. The molecule has 0 saturated carbocycles. The lowest BCUT2D eigenvalue weighted by Gasteiger charge is -2.30. The van der Waals surface area contributed by atoms with E-state index in [0.29, 0.717) is 41.8 Å². The number of nitrogens with one attached hydrogen (secondary N) is 1. The second-order valence-electron chi connectivity index (χ2n) is 9.34. The zero-order valence-electron chi connectivity index (χ0n) is 20.0. The Hall–Kier alpha value is -4.32. The van der Waals surface area contributed by atoms with Gasteiger partial charge in [0.1, 0.15) is 6.04 Å². The Labute approximate surface area is 207 Å². The van der Waals surface area contributed by atoms with Crippen molar-refractivity contribution in [2.45, 2.75) is 31.7 Å². The number of likely N-dealkylation sites (tertiary alicyclic amines) is 1. The monoisotopic (exact) mass is 485 g/mol. The van der Waals surface area contributed by atoms with Crippen LogP contribution >= 0.6 is 0 Å². The number of fused-ring (bicyclic) bond motifs is 1. The first kappa shape index (κ1) is 23.4. The maximum absolute atomic E-state index is 12.9. The number of amides is 3. The van der Waals surface area contributed by atoms with Crippen LogP contribution in [-0.4, -0.2) is 44.8 Å². The molecule has 5 rings (SSSR count). The fourth-order valence-electron chi connectivity index (χ4n) is 4.89. The molecule has 1 atom stereocenters. The van der Waals surface area contributed by atoms with E-state index in [4.69, 9.17) is 5.73 Å². The highest BCUT2D eigenvalue weighted by Crippen LogP contribution is 2.24. The van der Waals surface area contributed by atoms with Gasteiger partial charge in [0.2, 0.25) is 11.8 Å². The van der Waals surface area contributed by atoms with Gasteiger partial charge in [0.05, 0.1) is 11.0 Å². The van der Waals surface area contributed by atoms with Crippen LogP contribution in [0.1, 0.15) is 47.6 Å². The molecule has 3 heterocycles. The average Bonchev–Trinajstić information content (AvgIpc) is 3.12. The number of rotatable bonds is 2. The van der Waals surface area contributed by atoms with Gasteiger partial charge >= 0.3 is 5.69 Å². The Balaban J connectivity index is 1.30. The summed E-state index contributed by atoms with van der Waals surface area (Å²) in [5.41, 5.74) is 8.77. The highest BCUT2D eigenvalue weighted by atomic mass is 16.2. The lowest BCUT2D eigenvalue weighted by molar-refractivity contribution is -0.135. The van der Waals surface area contributed by atoms with Crippen LogP contribution in [0.5, 0.6) is 0 Å². The lowest BCUT2D eigenvalue weighted by atomic mass is 9.96. The van der Waals surface area contributed by atoms with Gasteiger partial charge in [-0.25, -0.2) is 4.79 Å². The molecule has 0 radical (unpaired) electrons. The van der Waals surface area contributed by atoms with E-state index in [1.807, 2.05) is 17.0 Å². The van der Waals surface area contributed by atoms with Crippen LogP contribution in [-0.2, 0) is 16.6 Å². The minimum Gasteiger partial charge on any atom is -0.399 e. The van der Waals surface area contributed by atoms with E-state index in [1.54, 1.807) is 37.4 Å². The van der Waals surface area contributed by atoms with Gasteiger partial charge in [0, 0.05) is 49.3 Å². The predicted octanol–water partition coefficient (Wildman–Crippen LogP) is 1.80. The Morgan fingerprint density at radius 1 is 1.00 bits per heavy atom. The number of aryl methyl sites for hydroxylation is 1. The van der Waals surface area contributed by atoms with Crippen LogP contribution in [0.3, 0.4) is 0 Å². The number of nitrogens with zero attached hydrogens (tertiary/aromatic N) is 3. The largest absolute Gasteiger partial charge is 0.399 e. The van der Waals surface area contributed by atoms with E-state index < -0.39 is 11.9 Å². The van der Waals surface area contributed by atoms with Crippen LogP contribution in [0, 0.1) is 17.8 Å². The molecule has 184 valence electrons. The molecule has 3 aromatic rings. The first-order chi connectivity index (χ1) is 17.3. The molecule has 2 aliphatic heterocycles. The van der Waals surface area contributed by atoms with Crippen molar-refractivity contribution < 1.29 is 14.4 Å². The van der Waals surface area contributed by atoms with Crippen molar-refractivity contribution in [3.8, 4) is 11.8 Å². The summed E-state index contributed by atoms with van der Waals surface area (Å²) in [7, 11) is 1.66. The minimum atomic E-state index is -0.711. The van der Waals surface area contributed by atoms with Gasteiger partial charge in [-0.15, -0.1) is 0 Å². The first-order valence-corrected chi connectivity index (χ1v) is 12.0. The van der Waals surface area contributed by atoms with Gasteiger partial charge in [-0.3, -0.25) is 28.8 Å². The van der Waals surface area contributed by atoms with E-state index in [9.17, 15) is 19.2 Å². The third-order valence-electron chi connectivity index (χ3n) is 6.97. The number of carbonyl (C=O) groups excluding carboxylic acids is 3. The Bertz CT molecular complexity index is 1480. The van der Waals surface area contributed by atoms with Crippen molar-refractivity contribution in [3.05, 3.63) is 64.1 Å². The summed E-state index contributed by atoms with van der Waals surface area (Å²) in [5, 5.41) is 2.32. The maximum Gasteiger partial charge on any atom is 0.329 e. The Morgan fingerprint density at radius 2 is 1.72 bits per heavy atom. The average molecular weight is 486 g/mol. The molecule has 1 unspecified atom stereocenters. The van der Waals surface area contributed by atoms with E-state index in [-0.39, 0.29) is 29.8 Å². The van der Waals surface area contributed by atoms with Gasteiger partial charge in [0.15, 0.2) is 0 Å². The third kappa shape index (κ3) is 4.38. The van der Waals surface area contributed by atoms with Crippen molar-refractivity contribution >= 4 is 34.4 Å². The quantitative estimate of drug-likeness (QED) is 0.326. The Kier molecular flexibility index (Phi) is 6.10. The predicted molar refractivity (Wildman–Crippen MR) is 135 cm³/mol. The third-order valence-corrected chi connectivity index (χ3v) is 6.97. The molecular formula is C27H27N5O4. The van der Waals surface area contributed by atoms with Crippen molar-refractivity contribution in [1.29, 1.82) is 0 Å². The summed E-state index contributed by atoms with van der Waals surface area (Å²) < 4.78 is 2.97. The summed E-state index contributed by atoms with van der Waals surface area (Å²) >= 11 is 0.